The quantitative estimate of drug-likeness (QED) is 0.560. The maximum atomic E-state index is 13.7. The van der Waals surface area contributed by atoms with Crippen molar-refractivity contribution in [2.75, 3.05) is 46.3 Å². The van der Waals surface area contributed by atoms with E-state index in [1.165, 1.54) is 6.07 Å². The second kappa shape index (κ2) is 12.4. The summed E-state index contributed by atoms with van der Waals surface area (Å²) in [5, 5.41) is 0. The van der Waals surface area contributed by atoms with Gasteiger partial charge in [0.05, 0.1) is 6.04 Å². The lowest BCUT2D eigenvalue weighted by atomic mass is 10.0. The number of aryl methyl sites for hydroxylation is 1. The molecule has 0 bridgehead atoms. The molecule has 1 aliphatic rings. The van der Waals surface area contributed by atoms with E-state index in [9.17, 15) is 9.18 Å². The summed E-state index contributed by atoms with van der Waals surface area (Å²) < 4.78 is 13.7. The Balaban J connectivity index is 2.15. The molecule has 1 aliphatic heterocycles. The summed E-state index contributed by atoms with van der Waals surface area (Å²) in [6.45, 7) is 15.9. The van der Waals surface area contributed by atoms with E-state index < -0.39 is 0 Å². The van der Waals surface area contributed by atoms with E-state index in [1.54, 1.807) is 12.1 Å². The van der Waals surface area contributed by atoms with Crippen LogP contribution in [0.2, 0.25) is 0 Å². The van der Waals surface area contributed by atoms with Crippen LogP contribution in [0.3, 0.4) is 0 Å². The van der Waals surface area contributed by atoms with Crippen LogP contribution in [-0.2, 0) is 4.79 Å². The Hall–Kier alpha value is -1.72. The van der Waals surface area contributed by atoms with Crippen LogP contribution >= 0.6 is 0 Å². The number of carbonyl (C=O) groups excluding carboxylic acids is 1. The molecule has 2 rings (SSSR count). The Labute approximate surface area is 189 Å². The Bertz CT molecular complexity index is 748. The molecule has 174 valence electrons. The van der Waals surface area contributed by atoms with Gasteiger partial charge in [0, 0.05) is 32.7 Å². The monoisotopic (exact) mass is 431 g/mol. The molecule has 2 atom stereocenters. The molecule has 1 aromatic rings. The first-order chi connectivity index (χ1) is 14.7. The van der Waals surface area contributed by atoms with Gasteiger partial charge in [-0.15, -0.1) is 0 Å². The number of halogens is 1. The summed E-state index contributed by atoms with van der Waals surface area (Å²) >= 11 is 0. The Kier molecular flexibility index (Phi) is 10.2. The number of hydrogen-bond acceptors (Lipinski definition) is 3. The minimum absolute atomic E-state index is 0.118. The molecule has 0 saturated carbocycles. The van der Waals surface area contributed by atoms with Crippen molar-refractivity contribution in [3.63, 3.8) is 0 Å². The molecule has 1 heterocycles. The second-order valence-electron chi connectivity index (χ2n) is 9.42. The highest BCUT2D eigenvalue weighted by atomic mass is 19.1. The Morgan fingerprint density at radius 3 is 2.68 bits per heavy atom. The number of likely N-dealkylation sites (N-methyl/N-ethyl adjacent to an activating group) is 1. The smallest absolute Gasteiger partial charge is 0.239 e. The largest absolute Gasteiger partial charge is 0.337 e. The molecule has 31 heavy (non-hydrogen) atoms. The lowest BCUT2D eigenvalue weighted by molar-refractivity contribution is -0.136. The highest BCUT2D eigenvalue weighted by Gasteiger charge is 2.27. The molecule has 0 N–H and O–H groups in total. The van der Waals surface area contributed by atoms with Gasteiger partial charge in [0.25, 0.3) is 0 Å². The van der Waals surface area contributed by atoms with Gasteiger partial charge in [0.2, 0.25) is 5.91 Å². The minimum Gasteiger partial charge on any atom is -0.337 e. The average Bonchev–Trinajstić information content (AvgIpc) is 2.96. The van der Waals surface area contributed by atoms with Crippen LogP contribution < -0.4 is 0 Å². The normalized spacial score (nSPS) is 18.5. The predicted octanol–water partition coefficient (Wildman–Crippen LogP) is 4.83. The molecule has 5 heteroatoms. The Morgan fingerprint density at radius 2 is 1.97 bits per heavy atom. The minimum atomic E-state index is -0.228. The van der Waals surface area contributed by atoms with Gasteiger partial charge >= 0.3 is 0 Å². The number of rotatable bonds is 9. The van der Waals surface area contributed by atoms with E-state index in [1.807, 2.05) is 24.8 Å². The zero-order valence-corrected chi connectivity index (χ0v) is 20.5. The van der Waals surface area contributed by atoms with Crippen LogP contribution in [0.25, 0.3) is 6.08 Å². The van der Waals surface area contributed by atoms with Crippen molar-refractivity contribution in [1.82, 2.24) is 14.7 Å². The van der Waals surface area contributed by atoms with Crippen molar-refractivity contribution >= 4 is 12.0 Å². The van der Waals surface area contributed by atoms with Gasteiger partial charge in [-0.25, -0.2) is 4.39 Å². The van der Waals surface area contributed by atoms with Crippen LogP contribution in [0.5, 0.6) is 0 Å². The fraction of sp³-hybridized carbons (Fsp3) is 0.654. The topological polar surface area (TPSA) is 26.8 Å². The van der Waals surface area contributed by atoms with Crippen molar-refractivity contribution in [2.24, 2.45) is 5.92 Å². The van der Waals surface area contributed by atoms with Crippen LogP contribution in [0.4, 0.5) is 4.39 Å². The van der Waals surface area contributed by atoms with Gasteiger partial charge in [-0.1, -0.05) is 38.0 Å². The first-order valence-electron chi connectivity index (χ1n) is 11.9. The van der Waals surface area contributed by atoms with Gasteiger partial charge in [-0.05, 0) is 76.4 Å². The van der Waals surface area contributed by atoms with Crippen LogP contribution in [-0.4, -0.2) is 73.0 Å². The molecule has 0 radical (unpaired) electrons. The molecule has 0 aliphatic carbocycles. The SMILES string of the molecule is CCC(C)CCN(C/C(C)=C/c1cc(F)ccc1C)C(=O)C(C)N1CCCN(C)CC1. The number of benzene rings is 1. The summed E-state index contributed by atoms with van der Waals surface area (Å²) in [5.41, 5.74) is 3.00. The highest BCUT2D eigenvalue weighted by molar-refractivity contribution is 5.82. The zero-order chi connectivity index (χ0) is 23.0. The maximum absolute atomic E-state index is 13.7. The van der Waals surface area contributed by atoms with Gasteiger partial charge in [-0.3, -0.25) is 9.69 Å². The Morgan fingerprint density at radius 1 is 1.23 bits per heavy atom. The standard InChI is InChI=1S/C26H42FN3O/c1-7-20(2)11-14-30(19-21(3)17-24-18-25(27)10-9-22(24)4)26(31)23(5)29-13-8-12-28(6)15-16-29/h9-10,17-18,20,23H,7-8,11-16,19H2,1-6H3/b21-17+. The van der Waals surface area contributed by atoms with E-state index in [0.717, 1.165) is 68.7 Å². The van der Waals surface area contributed by atoms with Crippen molar-refractivity contribution < 1.29 is 9.18 Å². The molecule has 1 fully saturated rings. The molecule has 1 saturated heterocycles. The molecular weight excluding hydrogens is 389 g/mol. The van der Waals surface area contributed by atoms with E-state index in [2.05, 4.69) is 37.6 Å². The lowest BCUT2D eigenvalue weighted by Crippen LogP contribution is -2.49. The van der Waals surface area contributed by atoms with Gasteiger partial charge in [-0.2, -0.15) is 0 Å². The van der Waals surface area contributed by atoms with Crippen molar-refractivity contribution in [3.05, 3.63) is 40.7 Å². The molecular formula is C26H42FN3O. The first-order valence-corrected chi connectivity index (χ1v) is 11.9. The van der Waals surface area contributed by atoms with Crippen LogP contribution in [0.15, 0.2) is 23.8 Å². The first kappa shape index (κ1) is 25.5. The second-order valence-corrected chi connectivity index (χ2v) is 9.42. The predicted molar refractivity (Wildman–Crippen MR) is 129 cm³/mol. The average molecular weight is 432 g/mol. The van der Waals surface area contributed by atoms with E-state index in [0.29, 0.717) is 12.5 Å². The molecule has 4 nitrogen and oxygen atoms in total. The van der Waals surface area contributed by atoms with Gasteiger partial charge in [0.1, 0.15) is 5.82 Å². The number of nitrogens with zero attached hydrogens (tertiary/aromatic N) is 3. The lowest BCUT2D eigenvalue weighted by Gasteiger charge is -2.33. The highest BCUT2D eigenvalue weighted by Crippen LogP contribution is 2.17. The van der Waals surface area contributed by atoms with Crippen molar-refractivity contribution in [2.45, 2.75) is 59.9 Å². The molecule has 0 aromatic heterocycles. The molecule has 1 aromatic carbocycles. The van der Waals surface area contributed by atoms with Gasteiger partial charge < -0.3 is 9.80 Å². The fourth-order valence-corrected chi connectivity index (χ4v) is 4.10. The molecule has 2 unspecified atom stereocenters. The van der Waals surface area contributed by atoms with E-state index in [-0.39, 0.29) is 17.8 Å². The summed E-state index contributed by atoms with van der Waals surface area (Å²) in [5.74, 6) is 0.567. The number of amides is 1. The number of hydrogen-bond donors (Lipinski definition) is 0. The van der Waals surface area contributed by atoms with Crippen LogP contribution in [0.1, 0.15) is 58.1 Å². The fourth-order valence-electron chi connectivity index (χ4n) is 4.10. The van der Waals surface area contributed by atoms with Gasteiger partial charge in [0.15, 0.2) is 0 Å². The third-order valence-corrected chi connectivity index (χ3v) is 6.64. The number of carbonyl (C=O) groups is 1. The maximum Gasteiger partial charge on any atom is 0.239 e. The summed E-state index contributed by atoms with van der Waals surface area (Å²) in [6.07, 6.45) is 5.24. The van der Waals surface area contributed by atoms with E-state index in [4.69, 9.17) is 0 Å². The molecule has 1 amide bonds. The summed E-state index contributed by atoms with van der Waals surface area (Å²) in [6, 6.07) is 4.75. The van der Waals surface area contributed by atoms with E-state index >= 15 is 0 Å². The zero-order valence-electron chi connectivity index (χ0n) is 20.5. The van der Waals surface area contributed by atoms with Crippen LogP contribution in [0, 0.1) is 18.7 Å². The van der Waals surface area contributed by atoms with Crippen molar-refractivity contribution in [3.8, 4) is 0 Å². The third kappa shape index (κ3) is 8.04. The summed E-state index contributed by atoms with van der Waals surface area (Å²) in [4.78, 5) is 20.2. The summed E-state index contributed by atoms with van der Waals surface area (Å²) in [7, 11) is 2.15. The third-order valence-electron chi connectivity index (χ3n) is 6.64. The van der Waals surface area contributed by atoms with Crippen molar-refractivity contribution in [1.29, 1.82) is 0 Å². The molecule has 0 spiro atoms.